The first-order valence-electron chi connectivity index (χ1n) is 26.7. The van der Waals surface area contributed by atoms with Crippen LogP contribution in [0.2, 0.25) is 5.02 Å². The van der Waals surface area contributed by atoms with E-state index < -0.39 is 58.5 Å². The average Bonchev–Trinajstić information content (AvgIpc) is 1.57. The van der Waals surface area contributed by atoms with Gasteiger partial charge < -0.3 is 26.8 Å². The van der Waals surface area contributed by atoms with E-state index >= 15 is 0 Å². The molecule has 0 unspecified atom stereocenters. The van der Waals surface area contributed by atoms with Crippen molar-refractivity contribution >= 4 is 67.8 Å². The van der Waals surface area contributed by atoms with Crippen molar-refractivity contribution in [3.63, 3.8) is 0 Å². The summed E-state index contributed by atoms with van der Waals surface area (Å²) in [5, 5.41) is 10.7. The first-order valence-corrected chi connectivity index (χ1v) is 27.0. The number of rotatable bonds is 9. The number of fused-ring (bicyclic) bond motifs is 4. The number of anilines is 1. The fourth-order valence-electron chi connectivity index (χ4n) is 9.35. The van der Waals surface area contributed by atoms with Crippen molar-refractivity contribution in [1.29, 1.82) is 0 Å². The van der Waals surface area contributed by atoms with Crippen molar-refractivity contribution in [2.24, 2.45) is 5.73 Å². The topological polar surface area (TPSA) is 254 Å². The van der Waals surface area contributed by atoms with E-state index in [1.807, 2.05) is 0 Å². The van der Waals surface area contributed by atoms with Gasteiger partial charge in [-0.1, -0.05) is 41.6 Å². The molecule has 3 atom stereocenters. The number of amides is 2. The molecule has 11 aromatic rings. The molecule has 2 amide bonds. The molecule has 0 aliphatic rings. The highest BCUT2D eigenvalue weighted by atomic mass is 35.5. The number of nitrogen functional groups attached to an aromatic ring is 1. The minimum Gasteiger partial charge on any atom is -0.444 e. The molecular weight excluding hydrogens is 1140 g/mol. The number of nitrogens with zero attached hydrogens (tertiary/aromatic N) is 9. The molecular formula is C64H53ClF3N13O6. The molecule has 0 saturated heterocycles. The van der Waals surface area contributed by atoms with Gasteiger partial charge in [-0.3, -0.25) is 32.9 Å². The normalized spacial score (nSPS) is 12.2. The van der Waals surface area contributed by atoms with E-state index in [1.54, 1.807) is 108 Å². The van der Waals surface area contributed by atoms with Crippen LogP contribution >= 0.6 is 11.6 Å². The lowest BCUT2D eigenvalue weighted by molar-refractivity contribution is 0.0505. The van der Waals surface area contributed by atoms with Crippen LogP contribution < -0.4 is 38.8 Å². The van der Waals surface area contributed by atoms with E-state index in [0.29, 0.717) is 55.9 Å². The van der Waals surface area contributed by atoms with E-state index in [-0.39, 0.29) is 55.8 Å². The van der Waals surface area contributed by atoms with Gasteiger partial charge in [0.05, 0.1) is 72.9 Å². The molecule has 23 heteroatoms. The number of benzene rings is 6. The number of alkyl carbamates (subject to hydrolysis) is 1. The van der Waals surface area contributed by atoms with Gasteiger partial charge >= 0.3 is 6.09 Å². The lowest BCUT2D eigenvalue weighted by Crippen LogP contribution is -2.37. The summed E-state index contributed by atoms with van der Waals surface area (Å²) in [5.74, 6) is 4.08. The smallest absolute Gasteiger partial charge is 0.408 e. The highest BCUT2D eigenvalue weighted by Crippen LogP contribution is 2.26. The van der Waals surface area contributed by atoms with Crippen LogP contribution in [0, 0.1) is 42.1 Å². The fraction of sp³-hybridized carbons (Fsp3) is 0.156. The third kappa shape index (κ3) is 12.8. The van der Waals surface area contributed by atoms with Crippen molar-refractivity contribution < 1.29 is 27.5 Å². The van der Waals surface area contributed by atoms with Crippen molar-refractivity contribution in [1.82, 2.24) is 53.9 Å². The lowest BCUT2D eigenvalue weighted by Gasteiger charge is -2.23. The third-order valence-corrected chi connectivity index (χ3v) is 13.5. The van der Waals surface area contributed by atoms with Crippen molar-refractivity contribution in [3.8, 4) is 41.7 Å². The second kappa shape index (κ2) is 25.1. The fourth-order valence-corrected chi connectivity index (χ4v) is 9.60. The first kappa shape index (κ1) is 60.6. The molecule has 0 fully saturated rings. The molecule has 0 radical (unpaired) electrons. The van der Waals surface area contributed by atoms with Gasteiger partial charge in [-0.2, -0.15) is 0 Å². The largest absolute Gasteiger partial charge is 0.444 e. The van der Waals surface area contributed by atoms with E-state index in [4.69, 9.17) is 40.7 Å². The Labute approximate surface area is 499 Å². The molecule has 19 nitrogen and oxygen atoms in total. The van der Waals surface area contributed by atoms with Crippen molar-refractivity contribution in [2.45, 2.75) is 65.3 Å². The molecule has 87 heavy (non-hydrogen) atoms. The van der Waals surface area contributed by atoms with Crippen LogP contribution in [0.1, 0.15) is 98.6 Å². The Bertz CT molecular complexity index is 4760. The quantitative estimate of drug-likeness (QED) is 0.0983. The number of carbonyl (C=O) groups excluding carboxylic acids is 2. The highest BCUT2D eigenvalue weighted by Gasteiger charge is 2.27. The summed E-state index contributed by atoms with van der Waals surface area (Å²) < 4.78 is 50.9. The zero-order valence-corrected chi connectivity index (χ0v) is 48.1. The minimum atomic E-state index is -0.766. The van der Waals surface area contributed by atoms with E-state index in [1.165, 1.54) is 97.2 Å². The Hall–Kier alpha value is -10.9. The third-order valence-electron chi connectivity index (χ3n) is 13.2. The van der Waals surface area contributed by atoms with Gasteiger partial charge in [-0.25, -0.2) is 42.4 Å². The highest BCUT2D eigenvalue weighted by molar-refractivity contribution is 6.35. The molecule has 11 rings (SSSR count). The van der Waals surface area contributed by atoms with E-state index in [2.05, 4.69) is 47.5 Å². The van der Waals surface area contributed by atoms with Gasteiger partial charge in [0.15, 0.2) is 11.5 Å². The van der Waals surface area contributed by atoms with Gasteiger partial charge in [0.2, 0.25) is 0 Å². The number of halogens is 4. The number of carbonyl (C=O) groups is 2. The van der Waals surface area contributed by atoms with Crippen LogP contribution in [0.5, 0.6) is 0 Å². The van der Waals surface area contributed by atoms with E-state index in [0.717, 1.165) is 0 Å². The molecule has 0 bridgehead atoms. The van der Waals surface area contributed by atoms with Crippen LogP contribution in [0.25, 0.3) is 55.4 Å². The number of nitrogens with one attached hydrogen (secondary N) is 2. The summed E-state index contributed by atoms with van der Waals surface area (Å²) in [7, 11) is 0. The Morgan fingerprint density at radius 3 is 1.47 bits per heavy atom. The summed E-state index contributed by atoms with van der Waals surface area (Å²) in [6.07, 6.45) is 13.6. The maximum Gasteiger partial charge on any atom is 0.408 e. The first-order chi connectivity index (χ1) is 41.5. The average molecular weight is 1190 g/mol. The van der Waals surface area contributed by atoms with Gasteiger partial charge in [0.1, 0.15) is 46.1 Å². The van der Waals surface area contributed by atoms with Crippen LogP contribution in [-0.4, -0.2) is 60.9 Å². The molecule has 0 aliphatic heterocycles. The van der Waals surface area contributed by atoms with Crippen LogP contribution in [0.15, 0.2) is 160 Å². The van der Waals surface area contributed by atoms with Crippen LogP contribution in [0.3, 0.4) is 0 Å². The maximum absolute atomic E-state index is 13.6. The molecule has 0 saturated carbocycles. The molecule has 0 aliphatic carbocycles. The minimum absolute atomic E-state index is 0.00876. The summed E-state index contributed by atoms with van der Waals surface area (Å²) in [6.45, 7) is 10.3. The number of hydrogen-bond donors (Lipinski definition) is 4. The summed E-state index contributed by atoms with van der Waals surface area (Å²) in [4.78, 5) is 83.2. The summed E-state index contributed by atoms with van der Waals surface area (Å²) in [5.41, 5.74) is 13.9. The Balaban J connectivity index is 0.000000159. The number of hydrogen-bond acceptors (Lipinski definition) is 13. The zero-order valence-electron chi connectivity index (χ0n) is 47.4. The Morgan fingerprint density at radius 1 is 0.609 bits per heavy atom. The van der Waals surface area contributed by atoms with Crippen LogP contribution in [0.4, 0.5) is 23.8 Å². The predicted molar refractivity (Wildman–Crippen MR) is 326 cm³/mol. The summed E-state index contributed by atoms with van der Waals surface area (Å²) in [6, 6.07) is 31.2. The molecule has 438 valence electrons. The monoisotopic (exact) mass is 1190 g/mol. The molecule has 0 spiro atoms. The SMILES string of the molecule is C#Cc1cccc2nc([C@H](C)N)n(-c3ccc(F)cc3)c(=O)c12.C#Cc1cccc2nc([C@H](C)NC(=O)c3c(N)nn4cccnc34)n(-c3ccc(F)cc3)c(=O)c12.C[C@H](NC(=O)OC(C)(C)C)c1nc2cccc(Cl)c2c(=O)n1-c1ccc(F)cc1. The van der Waals surface area contributed by atoms with Crippen molar-refractivity contribution in [2.75, 3.05) is 5.73 Å². The number of ether oxygens (including phenoxy) is 1. The van der Waals surface area contributed by atoms with E-state index in [9.17, 15) is 37.1 Å². The van der Waals surface area contributed by atoms with Gasteiger partial charge in [-0.15, -0.1) is 17.9 Å². The van der Waals surface area contributed by atoms with Crippen LogP contribution in [-0.2, 0) is 4.74 Å². The number of aromatic nitrogens is 9. The molecule has 5 heterocycles. The molecule has 6 N–H and O–H groups in total. The second-order valence-corrected chi connectivity index (χ2v) is 21.0. The van der Waals surface area contributed by atoms with Gasteiger partial charge in [-0.05, 0) is 157 Å². The Kier molecular flexibility index (Phi) is 17.5. The Morgan fingerprint density at radius 2 is 1.02 bits per heavy atom. The number of terminal acetylenes is 2. The lowest BCUT2D eigenvalue weighted by atomic mass is 10.1. The second-order valence-electron chi connectivity index (χ2n) is 20.6. The molecule has 6 aromatic carbocycles. The zero-order chi connectivity index (χ0) is 62.6. The predicted octanol–water partition coefficient (Wildman–Crippen LogP) is 9.91. The van der Waals surface area contributed by atoms with Gasteiger partial charge in [0.25, 0.3) is 22.6 Å². The standard InChI is InChI=1S/C25H18FN7O2.C21H21ClFN3O3.C18H14FN3O/c1-3-15-6-4-7-18-19(15)25(35)33(17-10-8-16(26)9-11-17)22(30-18)14(2)29-24(34)20-21(27)31-32-13-5-12-28-23(20)32;1-12(24-20(28)29-21(2,3)4)18-25-16-7-5-6-15(22)17(16)19(27)26(18)14-10-8-13(23)9-11-14;1-3-12-5-4-6-15-16(12)18(23)22(17(21-15)11(2)20)14-9-7-13(19)8-10-14/h1,4-14H,2H3,(H2,27,31)(H,29,34);5-12H,1-4H3,(H,24,28);1,4-11H,20H2,2H3/t14-;12-;11-/m000/s1. The maximum atomic E-state index is 13.6. The van der Waals surface area contributed by atoms with Gasteiger partial charge in [0, 0.05) is 23.5 Å². The number of nitrogens with two attached hydrogens (primary N) is 2. The van der Waals surface area contributed by atoms with Crippen molar-refractivity contribution in [3.05, 3.63) is 234 Å². The molecule has 5 aromatic heterocycles. The summed E-state index contributed by atoms with van der Waals surface area (Å²) >= 11 is 6.23.